The Hall–Kier alpha value is -2.84. The zero-order chi connectivity index (χ0) is 23.5. The highest BCUT2D eigenvalue weighted by Gasteiger charge is 2.24. The number of nitrogens with zero attached hydrogens (tertiary/aromatic N) is 5. The van der Waals surface area contributed by atoms with Crippen molar-refractivity contribution in [2.75, 3.05) is 31.9 Å². The Bertz CT molecular complexity index is 1190. The van der Waals surface area contributed by atoms with Crippen LogP contribution in [-0.4, -0.2) is 68.3 Å². The molecule has 7 nitrogen and oxygen atoms in total. The van der Waals surface area contributed by atoms with Gasteiger partial charge in [0.2, 0.25) is 11.8 Å². The third-order valence-electron chi connectivity index (χ3n) is 5.72. The van der Waals surface area contributed by atoms with Gasteiger partial charge in [0, 0.05) is 43.7 Å². The Morgan fingerprint density at radius 1 is 1.00 bits per heavy atom. The highest BCUT2D eigenvalue weighted by atomic mass is 35.5. The maximum Gasteiger partial charge on any atom is 0.233 e. The summed E-state index contributed by atoms with van der Waals surface area (Å²) in [5.41, 5.74) is 4.03. The molecule has 0 N–H and O–H groups in total. The van der Waals surface area contributed by atoms with Gasteiger partial charge in [0.1, 0.15) is 0 Å². The van der Waals surface area contributed by atoms with E-state index < -0.39 is 0 Å². The minimum Gasteiger partial charge on any atom is -0.339 e. The Balaban J connectivity index is 1.60. The van der Waals surface area contributed by atoms with Crippen LogP contribution >= 0.6 is 23.4 Å². The van der Waals surface area contributed by atoms with Crippen LogP contribution in [0.2, 0.25) is 5.02 Å². The first-order chi connectivity index (χ1) is 15.8. The van der Waals surface area contributed by atoms with E-state index in [-0.39, 0.29) is 17.6 Å². The number of carbonyl (C=O) groups is 2. The van der Waals surface area contributed by atoms with Gasteiger partial charge < -0.3 is 9.80 Å². The Kier molecular flexibility index (Phi) is 7.05. The predicted molar refractivity (Wildman–Crippen MR) is 131 cm³/mol. The number of hydrogen-bond donors (Lipinski definition) is 0. The molecule has 1 saturated heterocycles. The van der Waals surface area contributed by atoms with Crippen molar-refractivity contribution in [3.63, 3.8) is 0 Å². The van der Waals surface area contributed by atoms with E-state index in [1.807, 2.05) is 47.6 Å². The van der Waals surface area contributed by atoms with Crippen LogP contribution in [0.5, 0.6) is 0 Å². The number of hydrogen-bond acceptors (Lipinski definition) is 5. The summed E-state index contributed by atoms with van der Waals surface area (Å²) in [6.45, 7) is 7.90. The van der Waals surface area contributed by atoms with Crippen LogP contribution in [0, 0.1) is 13.8 Å². The summed E-state index contributed by atoms with van der Waals surface area (Å²) in [6, 6.07) is 13.8. The van der Waals surface area contributed by atoms with E-state index in [0.29, 0.717) is 42.2 Å². The third-order valence-corrected chi connectivity index (χ3v) is 6.87. The molecule has 4 rings (SSSR count). The van der Waals surface area contributed by atoms with Crippen molar-refractivity contribution in [2.45, 2.75) is 25.9 Å². The summed E-state index contributed by atoms with van der Waals surface area (Å²) in [7, 11) is 0. The van der Waals surface area contributed by atoms with Gasteiger partial charge >= 0.3 is 0 Å². The maximum absolute atomic E-state index is 12.9. The van der Waals surface area contributed by atoms with Gasteiger partial charge in [-0.05, 0) is 43.2 Å². The number of halogens is 1. The van der Waals surface area contributed by atoms with Crippen molar-refractivity contribution in [1.29, 1.82) is 0 Å². The summed E-state index contributed by atoms with van der Waals surface area (Å²) in [4.78, 5) is 28.0. The zero-order valence-corrected chi connectivity index (χ0v) is 20.5. The number of benzene rings is 2. The molecule has 2 aromatic carbocycles. The molecule has 0 bridgehead atoms. The van der Waals surface area contributed by atoms with E-state index in [1.165, 1.54) is 11.8 Å². The van der Waals surface area contributed by atoms with Crippen molar-refractivity contribution in [2.24, 2.45) is 0 Å². The molecule has 172 valence electrons. The Labute approximate surface area is 202 Å². The summed E-state index contributed by atoms with van der Waals surface area (Å²) in [5, 5.41) is 10.2. The molecule has 3 aromatic rings. The van der Waals surface area contributed by atoms with Gasteiger partial charge in [-0.15, -0.1) is 10.2 Å². The molecule has 1 aliphatic heterocycles. The first-order valence-electron chi connectivity index (χ1n) is 10.8. The normalized spacial score (nSPS) is 13.9. The lowest BCUT2D eigenvalue weighted by Crippen LogP contribution is -2.50. The Morgan fingerprint density at radius 3 is 2.42 bits per heavy atom. The van der Waals surface area contributed by atoms with Gasteiger partial charge in [0.15, 0.2) is 11.0 Å². The van der Waals surface area contributed by atoms with Crippen LogP contribution in [0.3, 0.4) is 0 Å². The predicted octanol–water partition coefficient (Wildman–Crippen LogP) is 3.99. The van der Waals surface area contributed by atoms with Gasteiger partial charge in [0.25, 0.3) is 0 Å². The monoisotopic (exact) mass is 483 g/mol. The number of aromatic nitrogens is 3. The van der Waals surface area contributed by atoms with Crippen molar-refractivity contribution in [3.8, 4) is 17.1 Å². The molecule has 2 amide bonds. The molecule has 0 spiro atoms. The molecule has 0 saturated carbocycles. The first-order valence-corrected chi connectivity index (χ1v) is 12.1. The molecule has 0 aliphatic carbocycles. The fraction of sp³-hybridized carbons (Fsp3) is 0.333. The molecule has 0 unspecified atom stereocenters. The van der Waals surface area contributed by atoms with Crippen molar-refractivity contribution < 1.29 is 9.59 Å². The van der Waals surface area contributed by atoms with Crippen LogP contribution in [0.1, 0.15) is 18.1 Å². The lowest BCUT2D eigenvalue weighted by Gasteiger charge is -2.34. The lowest BCUT2D eigenvalue weighted by molar-refractivity contribution is -0.136. The highest BCUT2D eigenvalue weighted by Crippen LogP contribution is 2.31. The number of carbonyl (C=O) groups excluding carboxylic acids is 2. The minimum atomic E-state index is 0.0306. The maximum atomic E-state index is 12.9. The highest BCUT2D eigenvalue weighted by molar-refractivity contribution is 7.99. The minimum absolute atomic E-state index is 0.0306. The van der Waals surface area contributed by atoms with E-state index in [2.05, 4.69) is 28.4 Å². The SMILES string of the molecule is CC(=O)N1CCN(C(=O)CSc2nnc(-c3cccc(Cl)c3)n2-c2cc(C)ccc2C)CC1. The summed E-state index contributed by atoms with van der Waals surface area (Å²) >= 11 is 7.61. The number of amides is 2. The quantitative estimate of drug-likeness (QED) is 0.513. The molecule has 9 heteroatoms. The summed E-state index contributed by atoms with van der Waals surface area (Å²) in [6.07, 6.45) is 0. The molecule has 1 aromatic heterocycles. The van der Waals surface area contributed by atoms with Gasteiger partial charge in [-0.3, -0.25) is 14.2 Å². The topological polar surface area (TPSA) is 71.3 Å². The fourth-order valence-electron chi connectivity index (χ4n) is 3.84. The van der Waals surface area contributed by atoms with E-state index in [1.54, 1.807) is 11.8 Å². The largest absolute Gasteiger partial charge is 0.339 e. The summed E-state index contributed by atoms with van der Waals surface area (Å²) < 4.78 is 2.00. The van der Waals surface area contributed by atoms with Crippen LogP contribution in [0.4, 0.5) is 0 Å². The number of rotatable bonds is 5. The van der Waals surface area contributed by atoms with Crippen molar-refractivity contribution in [1.82, 2.24) is 24.6 Å². The second-order valence-electron chi connectivity index (χ2n) is 8.12. The molecule has 0 atom stereocenters. The molecular formula is C24H26ClN5O2S. The second-order valence-corrected chi connectivity index (χ2v) is 9.50. The first kappa shape index (κ1) is 23.3. The standard InChI is InChI=1S/C24H26ClN5O2S/c1-16-7-8-17(2)21(13-16)30-23(19-5-4-6-20(25)14-19)26-27-24(30)33-15-22(32)29-11-9-28(10-12-29)18(3)31/h4-8,13-14H,9-12,15H2,1-3H3. The zero-order valence-electron chi connectivity index (χ0n) is 18.9. The average Bonchev–Trinajstić information content (AvgIpc) is 3.23. The molecule has 2 heterocycles. The van der Waals surface area contributed by atoms with Crippen molar-refractivity contribution >= 4 is 35.2 Å². The fourth-order valence-corrected chi connectivity index (χ4v) is 4.88. The van der Waals surface area contributed by atoms with E-state index >= 15 is 0 Å². The van der Waals surface area contributed by atoms with E-state index in [4.69, 9.17) is 11.6 Å². The van der Waals surface area contributed by atoms with E-state index in [9.17, 15) is 9.59 Å². The van der Waals surface area contributed by atoms with Crippen LogP contribution < -0.4 is 0 Å². The Morgan fingerprint density at radius 2 is 1.73 bits per heavy atom. The molecule has 1 aliphatic rings. The molecule has 33 heavy (non-hydrogen) atoms. The van der Waals surface area contributed by atoms with Crippen LogP contribution in [0.15, 0.2) is 47.6 Å². The molecular weight excluding hydrogens is 458 g/mol. The second kappa shape index (κ2) is 9.97. The third kappa shape index (κ3) is 5.23. The van der Waals surface area contributed by atoms with Gasteiger partial charge in [-0.25, -0.2) is 0 Å². The van der Waals surface area contributed by atoms with Gasteiger partial charge in [-0.1, -0.05) is 47.6 Å². The number of thioether (sulfide) groups is 1. The summed E-state index contributed by atoms with van der Waals surface area (Å²) in [5.74, 6) is 1.00. The van der Waals surface area contributed by atoms with E-state index in [0.717, 1.165) is 22.4 Å². The number of aryl methyl sites for hydroxylation is 2. The smallest absolute Gasteiger partial charge is 0.233 e. The van der Waals surface area contributed by atoms with Crippen LogP contribution in [0.25, 0.3) is 17.1 Å². The van der Waals surface area contributed by atoms with Gasteiger partial charge in [-0.2, -0.15) is 0 Å². The molecule has 1 fully saturated rings. The molecule has 0 radical (unpaired) electrons. The van der Waals surface area contributed by atoms with Gasteiger partial charge in [0.05, 0.1) is 11.4 Å². The van der Waals surface area contributed by atoms with Crippen molar-refractivity contribution in [3.05, 3.63) is 58.6 Å². The average molecular weight is 484 g/mol. The lowest BCUT2D eigenvalue weighted by atomic mass is 10.1. The number of piperazine rings is 1. The van der Waals surface area contributed by atoms with Crippen LogP contribution in [-0.2, 0) is 9.59 Å².